The van der Waals surface area contributed by atoms with Crippen molar-refractivity contribution in [1.29, 1.82) is 0 Å². The van der Waals surface area contributed by atoms with Crippen LogP contribution in [0.3, 0.4) is 0 Å². The molecule has 0 amide bonds. The molecule has 1 aliphatic heterocycles. The first-order valence-electron chi connectivity index (χ1n) is 19.5. The Kier molecular flexibility index (Phi) is 6.93. The number of para-hydroxylation sites is 4. The molecule has 0 fully saturated rings. The van der Waals surface area contributed by atoms with Crippen molar-refractivity contribution in [2.24, 2.45) is 0 Å². The van der Waals surface area contributed by atoms with E-state index in [4.69, 9.17) is 4.74 Å². The molecule has 3 heterocycles. The summed E-state index contributed by atoms with van der Waals surface area (Å²) >= 11 is 0. The summed E-state index contributed by atoms with van der Waals surface area (Å²) in [5, 5.41) is 4.86. The van der Waals surface area contributed by atoms with Gasteiger partial charge < -0.3 is 13.9 Å². The van der Waals surface area contributed by atoms with Crippen molar-refractivity contribution in [1.82, 2.24) is 9.13 Å². The summed E-state index contributed by atoms with van der Waals surface area (Å²) in [5.74, 6) is 1.73. The summed E-state index contributed by atoms with van der Waals surface area (Å²) in [5.41, 5.74) is 16.2. The van der Waals surface area contributed by atoms with E-state index in [0.717, 1.165) is 50.6 Å². The molecule has 2 aromatic heterocycles. The molecule has 266 valence electrons. The number of benzene rings is 9. The van der Waals surface area contributed by atoms with Crippen LogP contribution in [0.15, 0.2) is 206 Å². The van der Waals surface area contributed by atoms with Crippen LogP contribution in [-0.4, -0.2) is 9.13 Å². The predicted molar refractivity (Wildman–Crippen MR) is 237 cm³/mol. The van der Waals surface area contributed by atoms with Crippen LogP contribution >= 0.6 is 0 Å². The van der Waals surface area contributed by atoms with E-state index in [0.29, 0.717) is 0 Å². The quantitative estimate of drug-likeness (QED) is 0.173. The third-order valence-corrected chi connectivity index (χ3v) is 11.7. The van der Waals surface area contributed by atoms with Crippen LogP contribution < -0.4 is 4.74 Å². The first kappa shape index (κ1) is 31.7. The summed E-state index contributed by atoms with van der Waals surface area (Å²) in [4.78, 5) is 0. The standard InChI is InChI=1S/C54H34N2O/c1-3-15-35(16-4-1)37-29-31-49-45(33-37)46-34-38(36-17-5-2-6-18-36)30-32-50(46)55(49)47-25-11-9-21-41(47)39-19-7-8-20-40(39)43-23-13-27-51-53(43)56-48-26-12-10-22-42(48)44-24-14-28-52(57-51)54(44)56/h1-34H. The topological polar surface area (TPSA) is 19.1 Å². The number of rotatable bonds is 5. The van der Waals surface area contributed by atoms with Crippen LogP contribution in [0.2, 0.25) is 0 Å². The zero-order valence-electron chi connectivity index (χ0n) is 30.9. The summed E-state index contributed by atoms with van der Waals surface area (Å²) in [6.07, 6.45) is 0. The summed E-state index contributed by atoms with van der Waals surface area (Å²) < 4.78 is 11.6. The molecule has 0 spiro atoms. The van der Waals surface area contributed by atoms with E-state index in [9.17, 15) is 0 Å². The molecule has 0 unspecified atom stereocenters. The molecule has 12 rings (SSSR count). The van der Waals surface area contributed by atoms with Gasteiger partial charge in [-0.3, -0.25) is 0 Å². The van der Waals surface area contributed by atoms with E-state index in [1.165, 1.54) is 60.3 Å². The fourth-order valence-electron chi connectivity index (χ4n) is 9.23. The second-order valence-corrected chi connectivity index (χ2v) is 14.9. The van der Waals surface area contributed by atoms with Gasteiger partial charge in [0.2, 0.25) is 0 Å². The van der Waals surface area contributed by atoms with Gasteiger partial charge in [0.1, 0.15) is 0 Å². The van der Waals surface area contributed by atoms with Gasteiger partial charge in [0.25, 0.3) is 0 Å². The van der Waals surface area contributed by atoms with Crippen molar-refractivity contribution in [3.8, 4) is 67.4 Å². The molecule has 11 aromatic rings. The minimum Gasteiger partial charge on any atom is -0.453 e. The monoisotopic (exact) mass is 726 g/mol. The fraction of sp³-hybridized carbons (Fsp3) is 0. The Morgan fingerprint density at radius 2 is 0.807 bits per heavy atom. The van der Waals surface area contributed by atoms with Crippen LogP contribution in [0, 0.1) is 0 Å². The molecule has 0 atom stereocenters. The molecule has 0 bridgehead atoms. The predicted octanol–water partition coefficient (Wildman–Crippen LogP) is 14.7. The normalized spacial score (nSPS) is 12.0. The first-order chi connectivity index (χ1) is 28.3. The van der Waals surface area contributed by atoms with Crippen molar-refractivity contribution < 1.29 is 4.74 Å². The van der Waals surface area contributed by atoms with Gasteiger partial charge in [0.05, 0.1) is 33.4 Å². The van der Waals surface area contributed by atoms with Gasteiger partial charge in [0, 0.05) is 32.7 Å². The Hall–Kier alpha value is -7.62. The molecule has 9 aromatic carbocycles. The van der Waals surface area contributed by atoms with Gasteiger partial charge in [-0.1, -0.05) is 158 Å². The highest BCUT2D eigenvalue weighted by atomic mass is 16.5. The van der Waals surface area contributed by atoms with Crippen LogP contribution in [0.4, 0.5) is 0 Å². The van der Waals surface area contributed by atoms with E-state index in [1.807, 2.05) is 0 Å². The van der Waals surface area contributed by atoms with E-state index in [-0.39, 0.29) is 0 Å². The second kappa shape index (κ2) is 12.5. The highest BCUT2D eigenvalue weighted by Crippen LogP contribution is 2.50. The Bertz CT molecular complexity index is 3270. The molecular weight excluding hydrogens is 693 g/mol. The minimum absolute atomic E-state index is 0.850. The molecule has 57 heavy (non-hydrogen) atoms. The molecule has 1 aliphatic rings. The van der Waals surface area contributed by atoms with Gasteiger partial charge in [-0.2, -0.15) is 0 Å². The Labute approximate surface area is 329 Å². The summed E-state index contributed by atoms with van der Waals surface area (Å²) in [6, 6.07) is 74.4. The molecule has 0 saturated carbocycles. The lowest BCUT2D eigenvalue weighted by molar-refractivity contribution is 0.477. The fourth-order valence-corrected chi connectivity index (χ4v) is 9.23. The number of fused-ring (bicyclic) bond motifs is 8. The molecule has 0 radical (unpaired) electrons. The van der Waals surface area contributed by atoms with Crippen LogP contribution in [0.1, 0.15) is 0 Å². The number of nitrogens with zero attached hydrogens (tertiary/aromatic N) is 2. The van der Waals surface area contributed by atoms with E-state index < -0.39 is 0 Å². The molecule has 3 nitrogen and oxygen atoms in total. The number of hydrogen-bond acceptors (Lipinski definition) is 1. The van der Waals surface area contributed by atoms with Crippen molar-refractivity contribution in [3.63, 3.8) is 0 Å². The Balaban J connectivity index is 1.10. The number of hydrogen-bond donors (Lipinski definition) is 0. The molecule has 3 heteroatoms. The summed E-state index contributed by atoms with van der Waals surface area (Å²) in [6.45, 7) is 0. The van der Waals surface area contributed by atoms with Gasteiger partial charge in [0.15, 0.2) is 11.5 Å². The third kappa shape index (κ3) is 4.79. The molecule has 0 aliphatic carbocycles. The lowest BCUT2D eigenvalue weighted by atomic mass is 9.92. The van der Waals surface area contributed by atoms with Crippen molar-refractivity contribution in [2.45, 2.75) is 0 Å². The van der Waals surface area contributed by atoms with Gasteiger partial charge in [-0.25, -0.2) is 0 Å². The average molecular weight is 727 g/mol. The zero-order chi connectivity index (χ0) is 37.5. The Morgan fingerprint density at radius 1 is 0.298 bits per heavy atom. The molecule has 0 saturated heterocycles. The average Bonchev–Trinajstić information content (AvgIpc) is 3.80. The molecular formula is C54H34N2O. The largest absolute Gasteiger partial charge is 0.453 e. The maximum Gasteiger partial charge on any atom is 0.152 e. The van der Waals surface area contributed by atoms with E-state index in [2.05, 4.69) is 215 Å². The van der Waals surface area contributed by atoms with Crippen molar-refractivity contribution in [3.05, 3.63) is 206 Å². The highest BCUT2D eigenvalue weighted by molar-refractivity contribution is 6.14. The maximum absolute atomic E-state index is 6.72. The van der Waals surface area contributed by atoms with Crippen LogP contribution in [0.5, 0.6) is 11.5 Å². The Morgan fingerprint density at radius 3 is 1.51 bits per heavy atom. The SMILES string of the molecule is c1ccc(-c2ccc3c(c2)c2cc(-c4ccccc4)ccc2n3-c2ccccc2-c2ccccc2-c2cccc3c2-n2c4ccccc4c4cccc(c42)O3)cc1. The smallest absolute Gasteiger partial charge is 0.152 e. The first-order valence-corrected chi connectivity index (χ1v) is 19.5. The van der Waals surface area contributed by atoms with E-state index >= 15 is 0 Å². The van der Waals surface area contributed by atoms with Crippen LogP contribution in [0.25, 0.3) is 99.5 Å². The lowest BCUT2D eigenvalue weighted by Gasteiger charge is -2.25. The summed E-state index contributed by atoms with van der Waals surface area (Å²) in [7, 11) is 0. The highest BCUT2D eigenvalue weighted by Gasteiger charge is 2.27. The van der Waals surface area contributed by atoms with Crippen LogP contribution in [-0.2, 0) is 0 Å². The number of ether oxygens (including phenoxy) is 1. The van der Waals surface area contributed by atoms with Gasteiger partial charge >= 0.3 is 0 Å². The molecule has 0 N–H and O–H groups in total. The maximum atomic E-state index is 6.72. The van der Waals surface area contributed by atoms with Crippen molar-refractivity contribution in [2.75, 3.05) is 0 Å². The zero-order valence-corrected chi connectivity index (χ0v) is 30.9. The lowest BCUT2D eigenvalue weighted by Crippen LogP contribution is -2.06. The minimum atomic E-state index is 0.850. The number of aromatic nitrogens is 2. The van der Waals surface area contributed by atoms with Gasteiger partial charge in [-0.15, -0.1) is 0 Å². The van der Waals surface area contributed by atoms with E-state index in [1.54, 1.807) is 0 Å². The second-order valence-electron chi connectivity index (χ2n) is 14.9. The third-order valence-electron chi connectivity index (χ3n) is 11.7. The van der Waals surface area contributed by atoms with Crippen molar-refractivity contribution >= 4 is 43.6 Å². The van der Waals surface area contributed by atoms with Gasteiger partial charge in [-0.05, 0) is 81.9 Å².